The molecule has 0 unspecified atom stereocenters. The number of halogens is 2. The van der Waals surface area contributed by atoms with Crippen LogP contribution >= 0.6 is 23.2 Å². The fourth-order valence-corrected chi connectivity index (χ4v) is 14.4. The first-order chi connectivity index (χ1) is 62.5. The lowest BCUT2D eigenvalue weighted by Crippen LogP contribution is -2.29. The molecular formula is C85H104Cl2N30O14. The Morgan fingerprint density at radius 1 is 0.290 bits per heavy atom. The number of alkyl halides is 2. The van der Waals surface area contributed by atoms with Crippen LogP contribution in [0.2, 0.25) is 0 Å². The topological polar surface area (TPSA) is 515 Å². The molecule has 44 nitrogen and oxygen atoms in total. The van der Waals surface area contributed by atoms with Crippen LogP contribution in [0.15, 0.2) is 123 Å². The minimum absolute atomic E-state index is 0.00751. The van der Waals surface area contributed by atoms with Crippen molar-refractivity contribution in [3.63, 3.8) is 0 Å². The number of amides is 14. The molecule has 11 aromatic rings. The molecule has 0 aliphatic rings. The van der Waals surface area contributed by atoms with Crippen molar-refractivity contribution in [2.24, 2.45) is 70.5 Å². The van der Waals surface area contributed by atoms with Crippen molar-refractivity contribution < 1.29 is 67.1 Å². The monoisotopic (exact) mass is 1840 g/mol. The van der Waals surface area contributed by atoms with Crippen molar-refractivity contribution in [3.05, 3.63) is 186 Å². The number of aromatic nitrogens is 14. The van der Waals surface area contributed by atoms with E-state index in [0.717, 1.165) is 24.2 Å². The summed E-state index contributed by atoms with van der Waals surface area (Å²) in [5, 5.41) is 38.1. The van der Waals surface area contributed by atoms with Crippen molar-refractivity contribution in [2.45, 2.75) is 51.4 Å². The normalized spacial score (nSPS) is 11.1. The van der Waals surface area contributed by atoms with Crippen LogP contribution < -0.4 is 79.3 Å². The van der Waals surface area contributed by atoms with Gasteiger partial charge in [-0.25, -0.2) is 19.9 Å². The summed E-state index contributed by atoms with van der Waals surface area (Å²) in [6.07, 6.45) is 17.1. The molecule has 14 amide bonds. The molecule has 692 valence electrons. The van der Waals surface area contributed by atoms with E-state index in [2.05, 4.69) is 99.3 Å². The number of aryl methyl sites for hydroxylation is 11. The lowest BCUT2D eigenvalue weighted by Gasteiger charge is -2.23. The first kappa shape index (κ1) is 96.3. The van der Waals surface area contributed by atoms with Crippen molar-refractivity contribution in [2.75, 3.05) is 130 Å². The molecule has 0 fully saturated rings. The molecule has 10 heterocycles. The van der Waals surface area contributed by atoms with E-state index >= 15 is 0 Å². The van der Waals surface area contributed by atoms with Gasteiger partial charge in [0.05, 0.1) is 34.1 Å². The quantitative estimate of drug-likeness (QED) is 0.0159. The van der Waals surface area contributed by atoms with Crippen LogP contribution in [0.25, 0.3) is 0 Å². The van der Waals surface area contributed by atoms with Crippen LogP contribution in [0, 0.1) is 0 Å². The van der Waals surface area contributed by atoms with E-state index in [1.807, 2.05) is 43.3 Å². The summed E-state index contributed by atoms with van der Waals surface area (Å²) in [7, 11) is 19.9. The molecular weight excluding hydrogens is 1740 g/mol. The van der Waals surface area contributed by atoms with Gasteiger partial charge in [0.25, 0.3) is 59.1 Å². The second kappa shape index (κ2) is 43.9. The average Bonchev–Trinajstić information content (AvgIpc) is 1.68. The van der Waals surface area contributed by atoms with Gasteiger partial charge in [-0.3, -0.25) is 67.1 Å². The third-order valence-electron chi connectivity index (χ3n) is 20.4. The molecule has 14 N–H and O–H groups in total. The number of benzene rings is 1. The smallest absolute Gasteiger partial charge is 0.291 e. The summed E-state index contributed by atoms with van der Waals surface area (Å²) < 4.78 is 14.7. The number of hydrogen-bond acceptors (Lipinski definition) is 20. The third kappa shape index (κ3) is 26.0. The average molecular weight is 1840 g/mol. The molecule has 0 spiro atoms. The van der Waals surface area contributed by atoms with Gasteiger partial charge in [0, 0.05) is 215 Å². The molecule has 0 radical (unpaired) electrons. The predicted molar refractivity (Wildman–Crippen MR) is 492 cm³/mol. The molecule has 0 saturated heterocycles. The second-order valence-electron chi connectivity index (χ2n) is 31.2. The highest BCUT2D eigenvalue weighted by Crippen LogP contribution is 2.25. The van der Waals surface area contributed by atoms with Crippen molar-refractivity contribution in [3.8, 4) is 0 Å². The Hall–Kier alpha value is -15.3. The van der Waals surface area contributed by atoms with E-state index in [4.69, 9.17) is 23.2 Å². The zero-order valence-corrected chi connectivity index (χ0v) is 75.7. The molecule has 11 rings (SSSR count). The summed E-state index contributed by atoms with van der Waals surface area (Å²) in [5.41, 5.74) is 5.04. The van der Waals surface area contributed by atoms with Gasteiger partial charge in [-0.1, -0.05) is 12.1 Å². The Balaban J connectivity index is 0.545. The zero-order chi connectivity index (χ0) is 94.6. The van der Waals surface area contributed by atoms with Gasteiger partial charge in [-0.05, 0) is 100 Å². The minimum atomic E-state index is -0.667. The second-order valence-corrected chi connectivity index (χ2v) is 31.9. The summed E-state index contributed by atoms with van der Waals surface area (Å²) in [4.78, 5) is 207. The first-order valence-corrected chi connectivity index (χ1v) is 42.5. The highest BCUT2D eigenvalue weighted by Gasteiger charge is 2.27. The minimum Gasteiger partial charge on any atom is -0.369 e. The number of carbonyl (C=O) groups excluding carboxylic acids is 14. The SMILES string of the molecule is CN(C)CCCNC(=O)c1cc(NC(=O)c2cc(NC(=O)c3nc(NC(=O)CCNC(=O)c4cc(NC(=O)c5nc(NC(=O)CCCNC(=O)c6cc(NC(=O)c7nc(NC(=O)CCNC(=O)c8cc(NC(=O)c9cc(NC(=O)c%10nc(NC(=O)CCCc%11ccc(N(CCCl)CCCl)cc%11)cn%10C)cn9C)cn8C)cn7C)cn6C)cn5C)cn4C)cn3C)cn2C)cn1C. The van der Waals surface area contributed by atoms with Gasteiger partial charge < -0.3 is 130 Å². The number of nitrogens with zero attached hydrogens (tertiary/aromatic N) is 16. The molecule has 46 heteroatoms. The molecule has 0 aliphatic heterocycles. The fraction of sp³-hybridized carbons (Fsp3) is 0.341. The van der Waals surface area contributed by atoms with Crippen LogP contribution in [0.4, 0.5) is 63.1 Å². The van der Waals surface area contributed by atoms with E-state index in [0.29, 0.717) is 55.6 Å². The Kier molecular flexibility index (Phi) is 32.3. The molecule has 0 saturated carbocycles. The Morgan fingerprint density at radius 3 is 0.840 bits per heavy atom. The summed E-state index contributed by atoms with van der Waals surface area (Å²) in [6, 6.07) is 16.9. The summed E-state index contributed by atoms with van der Waals surface area (Å²) >= 11 is 11.9. The third-order valence-corrected chi connectivity index (χ3v) is 20.8. The van der Waals surface area contributed by atoms with Crippen LogP contribution in [0.3, 0.4) is 0 Å². The number of carbonyl (C=O) groups is 14. The van der Waals surface area contributed by atoms with Crippen LogP contribution in [0.1, 0.15) is 156 Å². The van der Waals surface area contributed by atoms with Gasteiger partial charge in [0.15, 0.2) is 23.3 Å². The maximum atomic E-state index is 13.6. The number of hydrogen-bond donors (Lipinski definition) is 14. The van der Waals surface area contributed by atoms with Gasteiger partial charge >= 0.3 is 0 Å². The standard InChI is InChI=1S/C85H104Cl2N30O14/c1-106(2)31-15-28-89-77(123)58-34-51(40-107(58)3)92-80(126)62-39-56(45-111(62)7)97-85(131)75-105-67(49-116(75)12)101-71(121)24-30-91-79(125)61-37-54(43-110(61)6)95-82(128)72-103-65(47-114(72)10)99-69(119)18-14-27-88-76(122)59-36-53(42-109(59)5)94-83(129)74-104-66(48-115(74)11)100-70(120)23-29-90-78(124)60-35-52(41-108(60)4)93-81(127)63-38-55(44-112(63)8)96-84(130)73-102-64(46-113(73)9)98-68(118)17-13-16-50-19-21-57(22-20-50)117(32-25-86)33-26-87/h19-22,34-49H,13-18,23-33H2,1-12H3,(H,88,122)(H,89,123)(H,90,124)(H,91,125)(H,92,126)(H,93,127)(H,94,129)(H,95,128)(H,96,130)(H,97,131)(H,98,118)(H,99,119)(H,100,120)(H,101,121). The molecule has 0 atom stereocenters. The van der Waals surface area contributed by atoms with E-state index in [1.54, 1.807) is 93.5 Å². The predicted octanol–water partition coefficient (Wildman–Crippen LogP) is 5.76. The number of rotatable bonds is 43. The van der Waals surface area contributed by atoms with E-state index < -0.39 is 70.9 Å². The Bertz CT molecular complexity index is 6110. The van der Waals surface area contributed by atoms with Gasteiger partial charge in [-0.2, -0.15) is 0 Å². The van der Waals surface area contributed by atoms with E-state index in [1.165, 1.54) is 121 Å². The lowest BCUT2D eigenvalue weighted by molar-refractivity contribution is -0.117. The zero-order valence-electron chi connectivity index (χ0n) is 74.2. The van der Waals surface area contributed by atoms with Gasteiger partial charge in [0.1, 0.15) is 34.2 Å². The van der Waals surface area contributed by atoms with Gasteiger partial charge in [-0.15, -0.1) is 23.2 Å². The number of nitrogens with one attached hydrogen (secondary N) is 14. The maximum Gasteiger partial charge on any atom is 0.291 e. The fourth-order valence-electron chi connectivity index (χ4n) is 14.0. The van der Waals surface area contributed by atoms with E-state index in [9.17, 15) is 67.1 Å². The van der Waals surface area contributed by atoms with Crippen LogP contribution in [0.5, 0.6) is 0 Å². The highest BCUT2D eigenvalue weighted by atomic mass is 35.5. The Labute approximate surface area is 761 Å². The van der Waals surface area contributed by atoms with Crippen molar-refractivity contribution in [1.29, 1.82) is 0 Å². The Morgan fingerprint density at radius 2 is 0.550 bits per heavy atom. The molecule has 10 aromatic heterocycles. The molecule has 0 bridgehead atoms. The number of anilines is 11. The first-order valence-electron chi connectivity index (χ1n) is 41.4. The van der Waals surface area contributed by atoms with Gasteiger partial charge in [0.2, 0.25) is 46.9 Å². The molecule has 0 aliphatic carbocycles. The number of imidazole rings is 4. The van der Waals surface area contributed by atoms with Crippen molar-refractivity contribution >= 4 is 169 Å². The van der Waals surface area contributed by atoms with Crippen LogP contribution in [-0.2, 0) is 96.1 Å². The molecule has 1 aromatic carbocycles. The molecule has 131 heavy (non-hydrogen) atoms. The highest BCUT2D eigenvalue weighted by molar-refractivity contribution is 6.19. The summed E-state index contributed by atoms with van der Waals surface area (Å²) in [6.45, 7) is 2.53. The van der Waals surface area contributed by atoms with Crippen LogP contribution in [-0.4, -0.2) is 225 Å². The largest absolute Gasteiger partial charge is 0.369 e. The summed E-state index contributed by atoms with van der Waals surface area (Å²) in [5.74, 6) is -6.17. The maximum absolute atomic E-state index is 13.6. The van der Waals surface area contributed by atoms with Crippen molar-refractivity contribution in [1.82, 2.24) is 91.8 Å². The van der Waals surface area contributed by atoms with E-state index in [-0.39, 0.29) is 167 Å². The lowest BCUT2D eigenvalue weighted by atomic mass is 10.1.